The molecular weight excluding hydrogens is 324 g/mol. The summed E-state index contributed by atoms with van der Waals surface area (Å²) in [6, 6.07) is 8.29. The fourth-order valence-corrected chi connectivity index (χ4v) is 3.83. The van der Waals surface area contributed by atoms with Gasteiger partial charge < -0.3 is 10.5 Å². The first-order chi connectivity index (χ1) is 12.5. The number of nitrogen functional groups attached to an aromatic ring is 1. The maximum Gasteiger partial charge on any atom is 0.122 e. The molecule has 2 heterocycles. The molecule has 0 amide bonds. The lowest BCUT2D eigenvalue weighted by Gasteiger charge is -2.15. The second kappa shape index (κ2) is 5.77. The van der Waals surface area contributed by atoms with Crippen LogP contribution >= 0.6 is 0 Å². The zero-order chi connectivity index (χ0) is 18.6. The molecule has 0 bridgehead atoms. The summed E-state index contributed by atoms with van der Waals surface area (Å²) in [7, 11) is 1.66. The Bertz CT molecular complexity index is 1080. The van der Waals surface area contributed by atoms with Gasteiger partial charge in [-0.1, -0.05) is 6.07 Å². The molecule has 5 heteroatoms. The summed E-state index contributed by atoms with van der Waals surface area (Å²) in [4.78, 5) is 0. The van der Waals surface area contributed by atoms with Gasteiger partial charge in [0.15, 0.2) is 0 Å². The molecule has 5 nitrogen and oxygen atoms in total. The second-order valence-electron chi connectivity index (χ2n) is 7.12. The summed E-state index contributed by atoms with van der Waals surface area (Å²) in [5, 5.41) is 14.6. The highest BCUT2D eigenvalue weighted by molar-refractivity contribution is 5.90. The molecule has 1 saturated carbocycles. The average Bonchev–Trinajstić information content (AvgIpc) is 3.41. The smallest absolute Gasteiger partial charge is 0.122 e. The molecule has 1 aliphatic rings. The Hall–Kier alpha value is -3.00. The zero-order valence-corrected chi connectivity index (χ0v) is 15.6. The van der Waals surface area contributed by atoms with Crippen LogP contribution in [0.1, 0.15) is 46.7 Å². The largest absolute Gasteiger partial charge is 0.496 e. The van der Waals surface area contributed by atoms with Gasteiger partial charge >= 0.3 is 0 Å². The first-order valence-electron chi connectivity index (χ1n) is 8.84. The molecule has 1 aromatic carbocycles. The lowest BCUT2D eigenvalue weighted by Crippen LogP contribution is -2.04. The lowest BCUT2D eigenvalue weighted by atomic mass is 9.98. The standard InChI is InChI=1S/C21H22N4O/c1-11-5-8-17(26-4)13(3)18(11)21-19(23)15(10-22)16-9-12(2)20(14-6-7-14)24-25(16)21/h5,8-9,14H,6-7,23H2,1-4H3. The predicted molar refractivity (Wildman–Crippen MR) is 102 cm³/mol. The Kier molecular flexibility index (Phi) is 3.66. The molecule has 2 N–H and O–H groups in total. The van der Waals surface area contributed by atoms with E-state index in [4.69, 9.17) is 15.6 Å². The quantitative estimate of drug-likeness (QED) is 0.768. The van der Waals surface area contributed by atoms with Gasteiger partial charge in [0.1, 0.15) is 17.4 Å². The normalized spacial score (nSPS) is 13.8. The average molecular weight is 346 g/mol. The van der Waals surface area contributed by atoms with Crippen molar-refractivity contribution in [3.63, 3.8) is 0 Å². The van der Waals surface area contributed by atoms with Crippen LogP contribution in [0.25, 0.3) is 16.8 Å². The number of anilines is 1. The maximum absolute atomic E-state index is 9.70. The highest BCUT2D eigenvalue weighted by Crippen LogP contribution is 2.43. The molecule has 0 radical (unpaired) electrons. The molecule has 0 unspecified atom stereocenters. The van der Waals surface area contributed by atoms with E-state index in [1.54, 1.807) is 7.11 Å². The predicted octanol–water partition coefficient (Wildman–Crippen LogP) is 4.27. The number of nitriles is 1. The number of rotatable bonds is 3. The van der Waals surface area contributed by atoms with Gasteiger partial charge in [-0.25, -0.2) is 4.52 Å². The van der Waals surface area contributed by atoms with Crippen molar-refractivity contribution < 1.29 is 4.74 Å². The van der Waals surface area contributed by atoms with E-state index < -0.39 is 0 Å². The van der Waals surface area contributed by atoms with Crippen molar-refractivity contribution in [2.24, 2.45) is 0 Å². The van der Waals surface area contributed by atoms with E-state index in [0.717, 1.165) is 44.9 Å². The number of aryl methyl sites for hydroxylation is 2. The third-order valence-electron chi connectivity index (χ3n) is 5.34. The van der Waals surface area contributed by atoms with Crippen molar-refractivity contribution in [1.82, 2.24) is 9.61 Å². The van der Waals surface area contributed by atoms with Crippen LogP contribution in [0.4, 0.5) is 5.69 Å². The van der Waals surface area contributed by atoms with Gasteiger partial charge in [-0.2, -0.15) is 10.4 Å². The molecule has 0 atom stereocenters. The summed E-state index contributed by atoms with van der Waals surface area (Å²) in [6.07, 6.45) is 2.35. The SMILES string of the molecule is COc1ccc(C)c(-c2c(N)c(C#N)c3cc(C)c(C4CC4)nn23)c1C. The minimum Gasteiger partial charge on any atom is -0.496 e. The summed E-state index contributed by atoms with van der Waals surface area (Å²) >= 11 is 0. The molecule has 132 valence electrons. The number of hydrogen-bond acceptors (Lipinski definition) is 4. The topological polar surface area (TPSA) is 76.3 Å². The highest BCUT2D eigenvalue weighted by atomic mass is 16.5. The Balaban J connectivity index is 2.12. The van der Waals surface area contributed by atoms with Gasteiger partial charge in [-0.3, -0.25) is 0 Å². The number of hydrogen-bond donors (Lipinski definition) is 1. The maximum atomic E-state index is 9.70. The second-order valence-corrected chi connectivity index (χ2v) is 7.12. The minimum atomic E-state index is 0.479. The van der Waals surface area contributed by atoms with E-state index in [2.05, 4.69) is 13.0 Å². The molecule has 0 aliphatic heterocycles. The van der Waals surface area contributed by atoms with Crippen LogP contribution < -0.4 is 10.5 Å². The van der Waals surface area contributed by atoms with Crippen molar-refractivity contribution in [3.8, 4) is 23.1 Å². The fraction of sp³-hybridized carbons (Fsp3) is 0.333. The highest BCUT2D eigenvalue weighted by Gasteiger charge is 2.29. The van der Waals surface area contributed by atoms with Crippen LogP contribution in [0.15, 0.2) is 18.2 Å². The monoisotopic (exact) mass is 346 g/mol. The van der Waals surface area contributed by atoms with Gasteiger partial charge in [-0.05, 0) is 56.9 Å². The number of ether oxygens (including phenoxy) is 1. The van der Waals surface area contributed by atoms with Crippen LogP contribution in [0, 0.1) is 32.1 Å². The number of nitrogens with zero attached hydrogens (tertiary/aromatic N) is 3. The van der Waals surface area contributed by atoms with Crippen molar-refractivity contribution in [2.75, 3.05) is 12.8 Å². The first-order valence-corrected chi connectivity index (χ1v) is 8.84. The van der Waals surface area contributed by atoms with Crippen molar-refractivity contribution in [3.05, 3.63) is 46.1 Å². The Morgan fingerprint density at radius 3 is 2.58 bits per heavy atom. The number of benzene rings is 1. The zero-order valence-electron chi connectivity index (χ0n) is 15.6. The lowest BCUT2D eigenvalue weighted by molar-refractivity contribution is 0.412. The van der Waals surface area contributed by atoms with E-state index in [1.807, 2.05) is 36.6 Å². The number of fused-ring (bicyclic) bond motifs is 1. The van der Waals surface area contributed by atoms with Gasteiger partial charge in [0.25, 0.3) is 0 Å². The van der Waals surface area contributed by atoms with Gasteiger partial charge in [0.2, 0.25) is 0 Å². The van der Waals surface area contributed by atoms with Gasteiger partial charge in [0.05, 0.1) is 29.7 Å². The van der Waals surface area contributed by atoms with Crippen LogP contribution in [0.3, 0.4) is 0 Å². The van der Waals surface area contributed by atoms with Crippen LogP contribution in [0.5, 0.6) is 5.75 Å². The van der Waals surface area contributed by atoms with Gasteiger partial charge in [-0.15, -0.1) is 0 Å². The number of methoxy groups -OCH3 is 1. The van der Waals surface area contributed by atoms with E-state index in [1.165, 1.54) is 12.8 Å². The Morgan fingerprint density at radius 1 is 1.23 bits per heavy atom. The van der Waals surface area contributed by atoms with Gasteiger partial charge in [0, 0.05) is 17.0 Å². The van der Waals surface area contributed by atoms with Crippen LogP contribution in [0.2, 0.25) is 0 Å². The minimum absolute atomic E-state index is 0.479. The van der Waals surface area contributed by atoms with E-state index >= 15 is 0 Å². The number of aromatic nitrogens is 2. The summed E-state index contributed by atoms with van der Waals surface area (Å²) in [5.74, 6) is 1.32. The Morgan fingerprint density at radius 2 is 1.96 bits per heavy atom. The molecule has 2 aromatic heterocycles. The molecule has 3 aromatic rings. The summed E-state index contributed by atoms with van der Waals surface area (Å²) in [6.45, 7) is 6.12. The molecule has 0 saturated heterocycles. The Labute approximate surface area is 153 Å². The third-order valence-corrected chi connectivity index (χ3v) is 5.34. The summed E-state index contributed by atoms with van der Waals surface area (Å²) in [5.41, 5.74) is 14.3. The number of nitrogens with two attached hydrogens (primary N) is 1. The molecule has 1 aliphatic carbocycles. The molecule has 1 fully saturated rings. The summed E-state index contributed by atoms with van der Waals surface area (Å²) < 4.78 is 7.37. The van der Waals surface area contributed by atoms with Crippen molar-refractivity contribution in [1.29, 1.82) is 5.26 Å². The molecule has 0 spiro atoms. The van der Waals surface area contributed by atoms with Crippen LogP contribution in [-0.2, 0) is 0 Å². The van der Waals surface area contributed by atoms with Crippen molar-refractivity contribution >= 4 is 11.2 Å². The van der Waals surface area contributed by atoms with Crippen LogP contribution in [-0.4, -0.2) is 16.7 Å². The fourth-order valence-electron chi connectivity index (χ4n) is 3.83. The molecule has 26 heavy (non-hydrogen) atoms. The van der Waals surface area contributed by atoms with E-state index in [0.29, 0.717) is 17.2 Å². The molecular formula is C21H22N4O. The van der Waals surface area contributed by atoms with E-state index in [9.17, 15) is 5.26 Å². The van der Waals surface area contributed by atoms with E-state index in [-0.39, 0.29) is 0 Å². The first kappa shape index (κ1) is 16.5. The van der Waals surface area contributed by atoms with Crippen molar-refractivity contribution in [2.45, 2.75) is 39.5 Å². The molecule has 4 rings (SSSR count). The third kappa shape index (κ3) is 2.26.